The maximum atomic E-state index is 11.6. The molecular formula is C14H20N4OS. The van der Waals surface area contributed by atoms with Gasteiger partial charge in [0.25, 0.3) is 0 Å². The van der Waals surface area contributed by atoms with E-state index in [1.165, 1.54) is 31.0 Å². The number of aromatic nitrogens is 2. The average Bonchev–Trinajstić information content (AvgIpc) is 2.92. The van der Waals surface area contributed by atoms with Crippen molar-refractivity contribution in [3.63, 3.8) is 0 Å². The first-order chi connectivity index (χ1) is 9.79. The molecule has 0 bridgehead atoms. The van der Waals surface area contributed by atoms with Crippen molar-refractivity contribution in [2.45, 2.75) is 39.2 Å². The van der Waals surface area contributed by atoms with Gasteiger partial charge in [-0.05, 0) is 24.1 Å². The van der Waals surface area contributed by atoms with E-state index in [1.54, 1.807) is 0 Å². The van der Waals surface area contributed by atoms with Gasteiger partial charge in [0.05, 0.1) is 11.7 Å². The highest BCUT2D eigenvalue weighted by molar-refractivity contribution is 7.00. The number of amides is 2. The molecule has 1 aromatic carbocycles. The molecule has 0 saturated carbocycles. The summed E-state index contributed by atoms with van der Waals surface area (Å²) in [4.78, 5) is 11.6. The van der Waals surface area contributed by atoms with Gasteiger partial charge in [0, 0.05) is 13.1 Å². The number of benzene rings is 1. The molecule has 0 fully saturated rings. The predicted molar refractivity (Wildman–Crippen MR) is 81.8 cm³/mol. The van der Waals surface area contributed by atoms with Crippen molar-refractivity contribution in [1.29, 1.82) is 0 Å². The summed E-state index contributed by atoms with van der Waals surface area (Å²) < 4.78 is 8.34. The molecule has 5 nitrogen and oxygen atoms in total. The fourth-order valence-electron chi connectivity index (χ4n) is 1.94. The van der Waals surface area contributed by atoms with Gasteiger partial charge in [-0.3, -0.25) is 0 Å². The lowest BCUT2D eigenvalue weighted by molar-refractivity contribution is 0.240. The number of nitrogens with zero attached hydrogens (tertiary/aromatic N) is 2. The summed E-state index contributed by atoms with van der Waals surface area (Å²) in [6.07, 6.45) is 4.65. The first-order valence-electron chi connectivity index (χ1n) is 7.02. The van der Waals surface area contributed by atoms with Gasteiger partial charge in [-0.15, -0.1) is 0 Å². The molecule has 0 radical (unpaired) electrons. The molecule has 20 heavy (non-hydrogen) atoms. The molecule has 6 heteroatoms. The number of carbonyl (C=O) groups is 1. The van der Waals surface area contributed by atoms with E-state index in [2.05, 4.69) is 26.3 Å². The zero-order valence-corrected chi connectivity index (χ0v) is 12.5. The molecule has 108 valence electrons. The molecule has 0 spiro atoms. The smallest absolute Gasteiger partial charge is 0.315 e. The Bertz CT molecular complexity index is 555. The van der Waals surface area contributed by atoms with Crippen molar-refractivity contribution in [1.82, 2.24) is 19.4 Å². The molecule has 0 aliphatic heterocycles. The Morgan fingerprint density at radius 3 is 2.85 bits per heavy atom. The molecule has 0 aliphatic rings. The molecule has 0 aliphatic carbocycles. The minimum absolute atomic E-state index is 0.113. The zero-order chi connectivity index (χ0) is 14.2. The molecule has 1 heterocycles. The van der Waals surface area contributed by atoms with Crippen LogP contribution in [0.1, 0.15) is 38.2 Å². The number of carbonyl (C=O) groups excluding carboxylic acids is 1. The Kier molecular flexibility index (Phi) is 5.73. The van der Waals surface area contributed by atoms with Gasteiger partial charge in [-0.2, -0.15) is 8.75 Å². The highest BCUT2D eigenvalue weighted by atomic mass is 32.1. The standard InChI is InChI=1S/C14H20N4OS/c1-2-3-4-5-8-15-14(19)16-10-11-6-7-12-13(9-11)18-20-17-12/h6-7,9H,2-5,8,10H2,1H3,(H2,15,16,19). The van der Waals surface area contributed by atoms with E-state index in [4.69, 9.17) is 0 Å². The van der Waals surface area contributed by atoms with Crippen LogP contribution in [0.2, 0.25) is 0 Å². The topological polar surface area (TPSA) is 66.9 Å². The highest BCUT2D eigenvalue weighted by Gasteiger charge is 2.02. The third-order valence-electron chi connectivity index (χ3n) is 3.09. The fourth-order valence-corrected chi connectivity index (χ4v) is 2.45. The van der Waals surface area contributed by atoms with Gasteiger partial charge in [-0.25, -0.2) is 4.79 Å². The summed E-state index contributed by atoms with van der Waals surface area (Å²) in [7, 11) is 0. The Hall–Kier alpha value is -1.69. The monoisotopic (exact) mass is 292 g/mol. The van der Waals surface area contributed by atoms with Crippen LogP contribution in [0, 0.1) is 0 Å². The minimum atomic E-state index is -0.113. The Morgan fingerprint density at radius 2 is 2.00 bits per heavy atom. The molecule has 0 saturated heterocycles. The van der Waals surface area contributed by atoms with Gasteiger partial charge >= 0.3 is 6.03 Å². The van der Waals surface area contributed by atoms with Crippen LogP contribution in [0.15, 0.2) is 18.2 Å². The number of fused-ring (bicyclic) bond motifs is 1. The Morgan fingerprint density at radius 1 is 1.15 bits per heavy atom. The largest absolute Gasteiger partial charge is 0.338 e. The van der Waals surface area contributed by atoms with E-state index in [0.29, 0.717) is 6.54 Å². The lowest BCUT2D eigenvalue weighted by atomic mass is 10.2. The number of hydrogen-bond acceptors (Lipinski definition) is 4. The summed E-state index contributed by atoms with van der Waals surface area (Å²) in [5, 5.41) is 5.72. The summed E-state index contributed by atoms with van der Waals surface area (Å²) in [6, 6.07) is 5.74. The van der Waals surface area contributed by atoms with Gasteiger partial charge in [0.1, 0.15) is 11.0 Å². The normalized spacial score (nSPS) is 10.7. The Labute approximate surface area is 123 Å². The first-order valence-corrected chi connectivity index (χ1v) is 7.75. The van der Waals surface area contributed by atoms with Gasteiger partial charge in [0.15, 0.2) is 0 Å². The van der Waals surface area contributed by atoms with E-state index in [1.807, 2.05) is 18.2 Å². The van der Waals surface area contributed by atoms with Crippen molar-refractivity contribution in [3.05, 3.63) is 23.8 Å². The van der Waals surface area contributed by atoms with Crippen LogP contribution in [0.3, 0.4) is 0 Å². The molecule has 2 rings (SSSR count). The van der Waals surface area contributed by atoms with Crippen LogP contribution in [0.4, 0.5) is 4.79 Å². The maximum Gasteiger partial charge on any atom is 0.315 e. The molecule has 0 atom stereocenters. The molecule has 2 amide bonds. The van der Waals surface area contributed by atoms with Gasteiger partial charge in [-0.1, -0.05) is 32.3 Å². The van der Waals surface area contributed by atoms with Crippen LogP contribution < -0.4 is 10.6 Å². The van der Waals surface area contributed by atoms with E-state index in [0.717, 1.165) is 29.6 Å². The zero-order valence-electron chi connectivity index (χ0n) is 11.7. The van der Waals surface area contributed by atoms with E-state index < -0.39 is 0 Å². The third kappa shape index (κ3) is 4.45. The van der Waals surface area contributed by atoms with Crippen molar-refractivity contribution >= 4 is 28.8 Å². The molecule has 0 unspecified atom stereocenters. The minimum Gasteiger partial charge on any atom is -0.338 e. The van der Waals surface area contributed by atoms with Crippen molar-refractivity contribution < 1.29 is 4.79 Å². The van der Waals surface area contributed by atoms with E-state index in [9.17, 15) is 4.79 Å². The maximum absolute atomic E-state index is 11.6. The Balaban J connectivity index is 1.70. The predicted octanol–water partition coefficient (Wildman–Crippen LogP) is 3.07. The van der Waals surface area contributed by atoms with Crippen LogP contribution in [0.5, 0.6) is 0 Å². The van der Waals surface area contributed by atoms with Crippen molar-refractivity contribution in [3.8, 4) is 0 Å². The van der Waals surface area contributed by atoms with E-state index in [-0.39, 0.29) is 6.03 Å². The molecular weight excluding hydrogens is 272 g/mol. The first kappa shape index (κ1) is 14.7. The number of rotatable bonds is 7. The van der Waals surface area contributed by atoms with E-state index >= 15 is 0 Å². The number of unbranched alkanes of at least 4 members (excludes halogenated alkanes) is 3. The summed E-state index contributed by atoms with van der Waals surface area (Å²) in [5.41, 5.74) is 2.82. The highest BCUT2D eigenvalue weighted by Crippen LogP contribution is 2.13. The second kappa shape index (κ2) is 7.79. The third-order valence-corrected chi connectivity index (χ3v) is 3.64. The van der Waals surface area contributed by atoms with Gasteiger partial charge < -0.3 is 10.6 Å². The average molecular weight is 292 g/mol. The van der Waals surface area contributed by atoms with Crippen molar-refractivity contribution in [2.75, 3.05) is 6.54 Å². The quantitative estimate of drug-likeness (QED) is 0.771. The molecule has 2 aromatic rings. The van der Waals surface area contributed by atoms with Crippen LogP contribution >= 0.6 is 11.7 Å². The summed E-state index contributed by atoms with van der Waals surface area (Å²) in [6.45, 7) is 3.42. The number of hydrogen-bond donors (Lipinski definition) is 2. The summed E-state index contributed by atoms with van der Waals surface area (Å²) >= 11 is 1.20. The lowest BCUT2D eigenvalue weighted by Crippen LogP contribution is -2.35. The van der Waals surface area contributed by atoms with Gasteiger partial charge in [0.2, 0.25) is 0 Å². The van der Waals surface area contributed by atoms with Crippen molar-refractivity contribution in [2.24, 2.45) is 0 Å². The molecule has 2 N–H and O–H groups in total. The van der Waals surface area contributed by atoms with Crippen LogP contribution in [-0.2, 0) is 6.54 Å². The lowest BCUT2D eigenvalue weighted by Gasteiger charge is -2.07. The fraction of sp³-hybridized carbons (Fsp3) is 0.500. The number of nitrogens with one attached hydrogen (secondary N) is 2. The number of urea groups is 1. The second-order valence-corrected chi connectivity index (χ2v) is 5.29. The van der Waals surface area contributed by atoms with Crippen LogP contribution in [-0.4, -0.2) is 21.3 Å². The second-order valence-electron chi connectivity index (χ2n) is 4.76. The summed E-state index contributed by atoms with van der Waals surface area (Å²) in [5.74, 6) is 0. The van der Waals surface area contributed by atoms with Crippen LogP contribution in [0.25, 0.3) is 11.0 Å². The molecule has 1 aromatic heterocycles. The SMILES string of the molecule is CCCCCCNC(=O)NCc1ccc2nsnc2c1.